The molecule has 3 rings (SSSR count). The van der Waals surface area contributed by atoms with Crippen LogP contribution in [0.2, 0.25) is 0 Å². The number of piperidine rings is 1. The average molecular weight is 331 g/mol. The lowest BCUT2D eigenvalue weighted by Crippen LogP contribution is -2.39. The van der Waals surface area contributed by atoms with Crippen LogP contribution in [0.15, 0.2) is 17.6 Å². The topological polar surface area (TPSA) is 38.1 Å². The van der Waals surface area contributed by atoms with Crippen molar-refractivity contribution in [1.29, 1.82) is 0 Å². The van der Waals surface area contributed by atoms with Crippen LogP contribution in [-0.2, 0) is 7.05 Å². The van der Waals surface area contributed by atoms with E-state index in [1.54, 1.807) is 11.3 Å². The molecule has 5 heteroatoms. The minimum atomic E-state index is 0.170. The van der Waals surface area contributed by atoms with E-state index in [2.05, 4.69) is 35.7 Å². The van der Waals surface area contributed by atoms with Gasteiger partial charge in [-0.1, -0.05) is 13.8 Å². The van der Waals surface area contributed by atoms with E-state index < -0.39 is 0 Å². The molecule has 0 aliphatic carbocycles. The largest absolute Gasteiger partial charge is 0.338 e. The van der Waals surface area contributed by atoms with Gasteiger partial charge in [0.1, 0.15) is 5.82 Å². The van der Waals surface area contributed by atoms with Crippen molar-refractivity contribution in [2.45, 2.75) is 45.4 Å². The molecule has 1 amide bonds. The predicted octanol–water partition coefficient (Wildman–Crippen LogP) is 3.93. The van der Waals surface area contributed by atoms with Crippen molar-refractivity contribution < 1.29 is 4.79 Å². The Labute approximate surface area is 142 Å². The highest BCUT2D eigenvalue weighted by molar-refractivity contribution is 7.10. The molecular weight excluding hydrogens is 306 g/mol. The Bertz CT molecular complexity index is 701. The van der Waals surface area contributed by atoms with E-state index in [0.717, 1.165) is 43.0 Å². The summed E-state index contributed by atoms with van der Waals surface area (Å²) in [6.07, 6.45) is 4.21. The number of likely N-dealkylation sites (tertiary alicyclic amines) is 1. The summed E-state index contributed by atoms with van der Waals surface area (Å²) in [4.78, 5) is 20.7. The minimum absolute atomic E-state index is 0.170. The molecule has 23 heavy (non-hydrogen) atoms. The molecule has 0 spiro atoms. The lowest BCUT2D eigenvalue weighted by Gasteiger charge is -2.32. The number of carbonyl (C=O) groups excluding carboxylic acids is 1. The van der Waals surface area contributed by atoms with Crippen LogP contribution in [0.1, 0.15) is 65.3 Å². The summed E-state index contributed by atoms with van der Waals surface area (Å²) in [5, 5.41) is 2.01. The molecule has 1 aliphatic heterocycles. The van der Waals surface area contributed by atoms with Crippen LogP contribution < -0.4 is 0 Å². The van der Waals surface area contributed by atoms with Gasteiger partial charge in [0.05, 0.1) is 11.3 Å². The van der Waals surface area contributed by atoms with Gasteiger partial charge in [-0.3, -0.25) is 4.79 Å². The summed E-state index contributed by atoms with van der Waals surface area (Å²) >= 11 is 1.69. The molecule has 0 N–H and O–H groups in total. The maximum Gasteiger partial charge on any atom is 0.254 e. The number of thiophene rings is 1. The van der Waals surface area contributed by atoms with Crippen molar-refractivity contribution in [2.75, 3.05) is 13.1 Å². The Hall–Kier alpha value is -1.62. The zero-order valence-corrected chi connectivity index (χ0v) is 15.2. The Kier molecular flexibility index (Phi) is 4.57. The second-order valence-corrected chi connectivity index (χ2v) is 7.78. The lowest BCUT2D eigenvalue weighted by atomic mass is 9.96. The smallest absolute Gasteiger partial charge is 0.254 e. The van der Waals surface area contributed by atoms with Gasteiger partial charge in [0, 0.05) is 42.5 Å². The van der Waals surface area contributed by atoms with Gasteiger partial charge in [-0.2, -0.15) is 0 Å². The molecule has 1 fully saturated rings. The minimum Gasteiger partial charge on any atom is -0.338 e. The van der Waals surface area contributed by atoms with Crippen molar-refractivity contribution in [1.82, 2.24) is 14.5 Å². The van der Waals surface area contributed by atoms with E-state index >= 15 is 0 Å². The molecule has 1 atom stereocenters. The predicted molar refractivity (Wildman–Crippen MR) is 94.2 cm³/mol. The lowest BCUT2D eigenvalue weighted by molar-refractivity contribution is 0.0704. The SMILES string of the molecule is Cc1cn(C)c([C@H]2CCCN(C(=O)c3csc(C(C)C)c3)C2)n1. The number of rotatable bonds is 3. The standard InChI is InChI=1S/C18H25N3OS/c1-12(2)16-8-15(11-23-16)18(22)21-7-5-6-14(10-21)17-19-13(3)9-20(17)4/h8-9,11-12,14H,5-7,10H2,1-4H3/t14-/m0/s1. The number of hydrogen-bond donors (Lipinski definition) is 0. The molecule has 1 saturated heterocycles. The quantitative estimate of drug-likeness (QED) is 0.854. The van der Waals surface area contributed by atoms with Gasteiger partial charge in [0.25, 0.3) is 5.91 Å². The van der Waals surface area contributed by atoms with Crippen molar-refractivity contribution in [3.8, 4) is 0 Å². The van der Waals surface area contributed by atoms with Crippen molar-refractivity contribution in [2.24, 2.45) is 7.05 Å². The highest BCUT2D eigenvalue weighted by Gasteiger charge is 2.28. The summed E-state index contributed by atoms with van der Waals surface area (Å²) in [5.41, 5.74) is 1.89. The van der Waals surface area contributed by atoms with Crippen LogP contribution >= 0.6 is 11.3 Å². The molecule has 4 nitrogen and oxygen atoms in total. The molecular formula is C18H25N3OS. The van der Waals surface area contributed by atoms with Gasteiger partial charge in [0.15, 0.2) is 0 Å². The number of carbonyl (C=O) groups is 1. The maximum absolute atomic E-state index is 12.8. The number of hydrogen-bond acceptors (Lipinski definition) is 3. The number of aromatic nitrogens is 2. The fourth-order valence-electron chi connectivity index (χ4n) is 3.34. The fraction of sp³-hybridized carbons (Fsp3) is 0.556. The Morgan fingerprint density at radius 1 is 1.43 bits per heavy atom. The Morgan fingerprint density at radius 3 is 2.83 bits per heavy atom. The molecule has 1 aliphatic rings. The molecule has 0 saturated carbocycles. The van der Waals surface area contributed by atoms with Gasteiger partial charge < -0.3 is 9.47 Å². The first-order valence-corrected chi connectivity index (χ1v) is 9.21. The third kappa shape index (κ3) is 3.34. The number of amides is 1. The maximum atomic E-state index is 12.8. The molecule has 0 radical (unpaired) electrons. The van der Waals surface area contributed by atoms with Crippen LogP contribution in [0.25, 0.3) is 0 Å². The highest BCUT2D eigenvalue weighted by Crippen LogP contribution is 2.29. The van der Waals surface area contributed by atoms with Gasteiger partial charge in [-0.25, -0.2) is 4.98 Å². The van der Waals surface area contributed by atoms with Crippen molar-refractivity contribution >= 4 is 17.2 Å². The summed E-state index contributed by atoms with van der Waals surface area (Å²) in [6.45, 7) is 7.98. The van der Waals surface area contributed by atoms with Gasteiger partial charge >= 0.3 is 0 Å². The van der Waals surface area contributed by atoms with Crippen LogP contribution in [0.3, 0.4) is 0 Å². The highest BCUT2D eigenvalue weighted by atomic mass is 32.1. The first-order chi connectivity index (χ1) is 11.0. The fourth-order valence-corrected chi connectivity index (χ4v) is 4.24. The normalized spacial score (nSPS) is 18.7. The first-order valence-electron chi connectivity index (χ1n) is 8.33. The zero-order valence-electron chi connectivity index (χ0n) is 14.4. The van der Waals surface area contributed by atoms with Crippen LogP contribution in [0.5, 0.6) is 0 Å². The van der Waals surface area contributed by atoms with Gasteiger partial charge in [-0.15, -0.1) is 11.3 Å². The van der Waals surface area contributed by atoms with E-state index in [-0.39, 0.29) is 5.91 Å². The molecule has 124 valence electrons. The Morgan fingerprint density at radius 2 is 2.22 bits per heavy atom. The van der Waals surface area contributed by atoms with Gasteiger partial charge in [-0.05, 0) is 31.7 Å². The summed E-state index contributed by atoms with van der Waals surface area (Å²) in [6, 6.07) is 2.06. The summed E-state index contributed by atoms with van der Waals surface area (Å²) in [7, 11) is 2.05. The monoisotopic (exact) mass is 331 g/mol. The van der Waals surface area contributed by atoms with Crippen LogP contribution in [0.4, 0.5) is 0 Å². The zero-order chi connectivity index (χ0) is 16.6. The second-order valence-electron chi connectivity index (χ2n) is 6.83. The second kappa shape index (κ2) is 6.48. The van der Waals surface area contributed by atoms with Crippen molar-refractivity contribution in [3.63, 3.8) is 0 Å². The van der Waals surface area contributed by atoms with E-state index in [9.17, 15) is 4.79 Å². The number of imidazole rings is 1. The van der Waals surface area contributed by atoms with Gasteiger partial charge in [0.2, 0.25) is 0 Å². The molecule has 0 bridgehead atoms. The molecule has 3 heterocycles. The summed E-state index contributed by atoms with van der Waals surface area (Å²) in [5.74, 6) is 2.10. The Balaban J connectivity index is 1.75. The third-order valence-corrected chi connectivity index (χ3v) is 5.78. The van der Waals surface area contributed by atoms with E-state index in [1.165, 1.54) is 4.88 Å². The van der Waals surface area contributed by atoms with E-state index in [1.807, 2.05) is 24.3 Å². The number of nitrogens with zero attached hydrogens (tertiary/aromatic N) is 3. The molecule has 0 unspecified atom stereocenters. The van der Waals surface area contributed by atoms with E-state index in [4.69, 9.17) is 0 Å². The number of aryl methyl sites for hydroxylation is 2. The summed E-state index contributed by atoms with van der Waals surface area (Å²) < 4.78 is 2.11. The van der Waals surface area contributed by atoms with Crippen molar-refractivity contribution in [3.05, 3.63) is 39.6 Å². The van der Waals surface area contributed by atoms with E-state index in [0.29, 0.717) is 11.8 Å². The molecule has 2 aromatic rings. The molecule has 2 aromatic heterocycles. The third-order valence-electron chi connectivity index (χ3n) is 4.54. The molecule has 0 aromatic carbocycles. The first kappa shape index (κ1) is 16.2. The average Bonchev–Trinajstić information content (AvgIpc) is 3.13. The van der Waals surface area contributed by atoms with Crippen LogP contribution in [-0.4, -0.2) is 33.4 Å². The van der Waals surface area contributed by atoms with Crippen LogP contribution in [0, 0.1) is 6.92 Å².